The van der Waals surface area contributed by atoms with Crippen LogP contribution in [0.15, 0.2) is 53.4 Å². The fraction of sp³-hybridized carbons (Fsp3) is 0.227. The topological polar surface area (TPSA) is 73.2 Å². The molecule has 0 spiro atoms. The van der Waals surface area contributed by atoms with Crippen LogP contribution in [0, 0.1) is 5.82 Å². The number of nitrogens with zero attached hydrogens (tertiary/aromatic N) is 2. The molecule has 0 atom stereocenters. The molecule has 3 aromatic rings. The molecule has 154 valence electrons. The first-order chi connectivity index (χ1) is 14.5. The Labute approximate surface area is 177 Å². The SMILES string of the molecule is CSc1cccc(NC(=O)COC(=O)c2nn(-c3ccc(F)cc3)c3c2CCC3)c1. The van der Waals surface area contributed by atoms with Gasteiger partial charge in [-0.25, -0.2) is 13.9 Å². The first kappa shape index (κ1) is 20.2. The van der Waals surface area contributed by atoms with Gasteiger partial charge < -0.3 is 10.1 Å². The molecule has 6 nitrogen and oxygen atoms in total. The molecule has 30 heavy (non-hydrogen) atoms. The lowest BCUT2D eigenvalue weighted by atomic mass is 10.2. The van der Waals surface area contributed by atoms with Crippen molar-refractivity contribution in [1.82, 2.24) is 9.78 Å². The molecule has 8 heteroatoms. The molecule has 0 fully saturated rings. The highest BCUT2D eigenvalue weighted by Crippen LogP contribution is 2.28. The first-order valence-corrected chi connectivity index (χ1v) is 10.8. The van der Waals surface area contributed by atoms with Crippen LogP contribution in [-0.4, -0.2) is 34.5 Å². The van der Waals surface area contributed by atoms with E-state index in [2.05, 4.69) is 10.4 Å². The zero-order valence-electron chi connectivity index (χ0n) is 16.4. The molecular formula is C22H20FN3O3S. The van der Waals surface area contributed by atoms with Gasteiger partial charge in [0.1, 0.15) is 5.82 Å². The highest BCUT2D eigenvalue weighted by Gasteiger charge is 2.28. The predicted octanol–water partition coefficient (Wildman–Crippen LogP) is 4.02. The number of hydrogen-bond acceptors (Lipinski definition) is 5. The van der Waals surface area contributed by atoms with Gasteiger partial charge >= 0.3 is 5.97 Å². The van der Waals surface area contributed by atoms with Crippen molar-refractivity contribution in [2.45, 2.75) is 24.2 Å². The smallest absolute Gasteiger partial charge is 0.359 e. The number of benzene rings is 2. The Morgan fingerprint density at radius 3 is 2.77 bits per heavy atom. The lowest BCUT2D eigenvalue weighted by Crippen LogP contribution is -2.21. The van der Waals surface area contributed by atoms with Gasteiger partial charge in [-0.15, -0.1) is 11.8 Å². The van der Waals surface area contributed by atoms with Crippen LogP contribution >= 0.6 is 11.8 Å². The Morgan fingerprint density at radius 1 is 1.20 bits per heavy atom. The van der Waals surface area contributed by atoms with E-state index in [0.29, 0.717) is 17.8 Å². The van der Waals surface area contributed by atoms with Crippen LogP contribution in [-0.2, 0) is 22.4 Å². The summed E-state index contributed by atoms with van der Waals surface area (Å²) < 4.78 is 20.1. The van der Waals surface area contributed by atoms with E-state index < -0.39 is 18.5 Å². The van der Waals surface area contributed by atoms with Crippen molar-refractivity contribution in [3.63, 3.8) is 0 Å². The normalized spacial score (nSPS) is 12.5. The molecule has 4 rings (SSSR count). The van der Waals surface area contributed by atoms with Crippen LogP contribution in [0.4, 0.5) is 10.1 Å². The van der Waals surface area contributed by atoms with Gasteiger partial charge in [0, 0.05) is 21.8 Å². The number of nitrogens with one attached hydrogen (secondary N) is 1. The molecule has 2 aromatic carbocycles. The zero-order valence-corrected chi connectivity index (χ0v) is 17.2. The van der Waals surface area contributed by atoms with Crippen LogP contribution in [0.2, 0.25) is 0 Å². The number of carbonyl (C=O) groups is 2. The number of hydrogen-bond donors (Lipinski definition) is 1. The number of amides is 1. The minimum Gasteiger partial charge on any atom is -0.451 e. The maximum absolute atomic E-state index is 13.2. The van der Waals surface area contributed by atoms with Gasteiger partial charge in [0.2, 0.25) is 0 Å². The Morgan fingerprint density at radius 2 is 2.00 bits per heavy atom. The van der Waals surface area contributed by atoms with E-state index in [1.807, 2.05) is 24.5 Å². The standard InChI is InChI=1S/C22H20FN3O3S/c1-30-17-5-2-4-15(12-17)24-20(27)13-29-22(28)21-18-6-3-7-19(18)26(25-21)16-10-8-14(23)9-11-16/h2,4-5,8-12H,3,6-7,13H2,1H3,(H,24,27). The quantitative estimate of drug-likeness (QED) is 0.477. The van der Waals surface area contributed by atoms with E-state index in [1.165, 1.54) is 12.1 Å². The van der Waals surface area contributed by atoms with E-state index in [0.717, 1.165) is 29.0 Å². The number of fused-ring (bicyclic) bond motifs is 1. The van der Waals surface area contributed by atoms with Gasteiger partial charge in [-0.3, -0.25) is 4.79 Å². The zero-order chi connectivity index (χ0) is 21.1. The predicted molar refractivity (Wildman–Crippen MR) is 113 cm³/mol. The lowest BCUT2D eigenvalue weighted by molar-refractivity contribution is -0.119. The molecule has 0 unspecified atom stereocenters. The number of carbonyl (C=O) groups excluding carboxylic acids is 2. The van der Waals surface area contributed by atoms with Crippen molar-refractivity contribution < 1.29 is 18.7 Å². The summed E-state index contributed by atoms with van der Waals surface area (Å²) in [5, 5.41) is 7.12. The van der Waals surface area contributed by atoms with Crippen LogP contribution < -0.4 is 5.32 Å². The van der Waals surface area contributed by atoms with Crippen LogP contribution in [0.1, 0.15) is 28.2 Å². The Hall–Kier alpha value is -3.13. The van der Waals surface area contributed by atoms with Gasteiger partial charge in [0.25, 0.3) is 5.91 Å². The van der Waals surface area contributed by atoms with Crippen molar-refractivity contribution in [2.24, 2.45) is 0 Å². The average Bonchev–Trinajstić information content (AvgIpc) is 3.36. The molecule has 1 amide bonds. The van der Waals surface area contributed by atoms with Gasteiger partial charge in [0.05, 0.1) is 5.69 Å². The first-order valence-electron chi connectivity index (χ1n) is 9.53. The Bertz CT molecular complexity index is 1100. The third-order valence-corrected chi connectivity index (χ3v) is 5.61. The van der Waals surface area contributed by atoms with E-state index >= 15 is 0 Å². The van der Waals surface area contributed by atoms with Crippen LogP contribution in [0.25, 0.3) is 5.69 Å². The largest absolute Gasteiger partial charge is 0.451 e. The molecule has 1 heterocycles. The Balaban J connectivity index is 1.45. The highest BCUT2D eigenvalue weighted by atomic mass is 32.2. The number of thioether (sulfide) groups is 1. The average molecular weight is 425 g/mol. The van der Waals surface area contributed by atoms with E-state index in [9.17, 15) is 14.0 Å². The summed E-state index contributed by atoms with van der Waals surface area (Å²) >= 11 is 1.57. The third kappa shape index (κ3) is 4.23. The van der Waals surface area contributed by atoms with E-state index in [1.54, 1.807) is 34.6 Å². The minimum atomic E-state index is -0.637. The van der Waals surface area contributed by atoms with Crippen molar-refractivity contribution in [1.29, 1.82) is 0 Å². The number of rotatable bonds is 6. The summed E-state index contributed by atoms with van der Waals surface area (Å²) in [4.78, 5) is 25.8. The van der Waals surface area contributed by atoms with Crippen LogP contribution in [0.5, 0.6) is 0 Å². The maximum atomic E-state index is 13.2. The summed E-state index contributed by atoms with van der Waals surface area (Å²) in [6.07, 6.45) is 4.35. The second kappa shape index (κ2) is 8.71. The molecule has 1 N–H and O–H groups in total. The van der Waals surface area contributed by atoms with Gasteiger partial charge in [-0.05, 0) is 68.0 Å². The molecule has 1 aliphatic carbocycles. The summed E-state index contributed by atoms with van der Waals surface area (Å²) in [6, 6.07) is 13.4. The van der Waals surface area contributed by atoms with E-state index in [-0.39, 0.29) is 11.5 Å². The fourth-order valence-corrected chi connectivity index (χ4v) is 3.95. The molecule has 1 aliphatic rings. The van der Waals surface area contributed by atoms with Gasteiger partial charge in [-0.2, -0.15) is 5.10 Å². The van der Waals surface area contributed by atoms with Crippen molar-refractivity contribution in [3.8, 4) is 5.69 Å². The van der Waals surface area contributed by atoms with E-state index in [4.69, 9.17) is 4.74 Å². The fourth-order valence-electron chi connectivity index (χ4n) is 3.49. The number of anilines is 1. The molecule has 0 radical (unpaired) electrons. The number of esters is 1. The summed E-state index contributed by atoms with van der Waals surface area (Å²) in [5.41, 5.74) is 3.29. The third-order valence-electron chi connectivity index (χ3n) is 4.88. The summed E-state index contributed by atoms with van der Waals surface area (Å²) in [6.45, 7) is -0.402. The van der Waals surface area contributed by atoms with Crippen LogP contribution in [0.3, 0.4) is 0 Å². The summed E-state index contributed by atoms with van der Waals surface area (Å²) in [7, 11) is 0. The van der Waals surface area contributed by atoms with Crippen molar-refractivity contribution in [2.75, 3.05) is 18.2 Å². The number of aromatic nitrogens is 2. The summed E-state index contributed by atoms with van der Waals surface area (Å²) in [5.74, 6) is -1.39. The van der Waals surface area contributed by atoms with Gasteiger partial charge in [0.15, 0.2) is 12.3 Å². The second-order valence-electron chi connectivity index (χ2n) is 6.87. The highest BCUT2D eigenvalue weighted by molar-refractivity contribution is 7.98. The second-order valence-corrected chi connectivity index (χ2v) is 7.75. The molecule has 1 aromatic heterocycles. The molecular weight excluding hydrogens is 405 g/mol. The minimum absolute atomic E-state index is 0.212. The molecule has 0 bridgehead atoms. The lowest BCUT2D eigenvalue weighted by Gasteiger charge is -2.07. The molecule has 0 saturated carbocycles. The van der Waals surface area contributed by atoms with Crippen molar-refractivity contribution >= 4 is 29.3 Å². The Kier molecular flexibility index (Phi) is 5.85. The van der Waals surface area contributed by atoms with Gasteiger partial charge in [-0.1, -0.05) is 6.07 Å². The maximum Gasteiger partial charge on any atom is 0.359 e. The molecule has 0 aliphatic heterocycles. The number of ether oxygens (including phenoxy) is 1. The van der Waals surface area contributed by atoms with Crippen molar-refractivity contribution in [3.05, 3.63) is 71.3 Å². The number of halogens is 1. The molecule has 0 saturated heterocycles. The monoisotopic (exact) mass is 425 g/mol.